The van der Waals surface area contributed by atoms with E-state index < -0.39 is 0 Å². The summed E-state index contributed by atoms with van der Waals surface area (Å²) in [5.74, 6) is 2.00. The summed E-state index contributed by atoms with van der Waals surface area (Å²) in [6, 6.07) is 10.5. The number of aromatic nitrogens is 2. The number of nitrogens with zero attached hydrogens (tertiary/aromatic N) is 3. The van der Waals surface area contributed by atoms with E-state index in [1.807, 2.05) is 6.20 Å². The maximum Gasteiger partial charge on any atom is 0.191 e. The molecule has 3 rings (SSSR count). The topological polar surface area (TPSA) is 63.5 Å². The second-order valence-corrected chi connectivity index (χ2v) is 8.48. The average molecular weight is 554 g/mol. The molecule has 1 aliphatic rings. The fourth-order valence-electron chi connectivity index (χ4n) is 4.42. The van der Waals surface area contributed by atoms with E-state index in [1.54, 1.807) is 0 Å². The zero-order valence-electron chi connectivity index (χ0n) is 19.7. The van der Waals surface area contributed by atoms with Gasteiger partial charge in [-0.2, -0.15) is 0 Å². The second kappa shape index (κ2) is 14.5. The second-order valence-electron chi connectivity index (χ2n) is 8.48. The van der Waals surface area contributed by atoms with Crippen molar-refractivity contribution in [1.82, 2.24) is 20.2 Å². The molecule has 0 unspecified atom stereocenters. The molecule has 1 aromatic carbocycles. The summed E-state index contributed by atoms with van der Waals surface area (Å²) < 4.78 is 7.87. The molecule has 0 saturated heterocycles. The number of nitrogens with one attached hydrogen (secondary N) is 2. The third kappa shape index (κ3) is 8.39. The smallest absolute Gasteiger partial charge is 0.191 e. The van der Waals surface area contributed by atoms with Gasteiger partial charge in [0.05, 0.1) is 0 Å². The standard InChI is InChI=1S/C25H39N5O.HI/c1-3-26-24(29-21-25(13-8-9-14-25)15-19-31-4-2)28-16-12-23-27-17-18-30(23)20-22-10-6-5-7-11-22;/h5-7,10-11,17-18H,3-4,8-9,12-16,19-21H2,1-2H3,(H2,26,28,29);1H. The Labute approximate surface area is 210 Å². The SMILES string of the molecule is CCNC(=NCC1(CCOCC)CCCC1)NCCc1nccn1Cc1ccccc1.I. The summed E-state index contributed by atoms with van der Waals surface area (Å²) in [7, 11) is 0. The van der Waals surface area contributed by atoms with Crippen molar-refractivity contribution in [3.05, 3.63) is 54.1 Å². The lowest BCUT2D eigenvalue weighted by Crippen LogP contribution is -2.39. The summed E-state index contributed by atoms with van der Waals surface area (Å²) in [5.41, 5.74) is 1.60. The predicted octanol–water partition coefficient (Wildman–Crippen LogP) is 4.63. The van der Waals surface area contributed by atoms with E-state index in [2.05, 4.69) is 70.6 Å². The van der Waals surface area contributed by atoms with E-state index in [0.717, 1.165) is 64.0 Å². The lowest BCUT2D eigenvalue weighted by Gasteiger charge is -2.27. The molecule has 32 heavy (non-hydrogen) atoms. The van der Waals surface area contributed by atoms with Gasteiger partial charge in [-0.25, -0.2) is 4.98 Å². The van der Waals surface area contributed by atoms with Crippen LogP contribution in [0.1, 0.15) is 57.3 Å². The van der Waals surface area contributed by atoms with Gasteiger partial charge in [0, 0.05) is 58.2 Å². The fraction of sp³-hybridized carbons (Fsp3) is 0.600. The molecule has 178 valence electrons. The van der Waals surface area contributed by atoms with Crippen molar-refractivity contribution in [2.24, 2.45) is 10.4 Å². The normalized spacial score (nSPS) is 15.4. The minimum Gasteiger partial charge on any atom is -0.382 e. The number of hydrogen-bond donors (Lipinski definition) is 2. The molecule has 7 heteroatoms. The lowest BCUT2D eigenvalue weighted by molar-refractivity contribution is 0.107. The fourth-order valence-corrected chi connectivity index (χ4v) is 4.42. The van der Waals surface area contributed by atoms with E-state index in [-0.39, 0.29) is 24.0 Å². The van der Waals surface area contributed by atoms with Gasteiger partial charge in [-0.05, 0) is 44.1 Å². The van der Waals surface area contributed by atoms with E-state index in [0.29, 0.717) is 5.41 Å². The zero-order chi connectivity index (χ0) is 21.8. The first kappa shape index (κ1) is 26.6. The predicted molar refractivity (Wildman–Crippen MR) is 143 cm³/mol. The highest BCUT2D eigenvalue weighted by atomic mass is 127. The molecule has 2 N–H and O–H groups in total. The van der Waals surface area contributed by atoms with Crippen molar-refractivity contribution in [2.45, 2.75) is 58.9 Å². The van der Waals surface area contributed by atoms with Gasteiger partial charge < -0.3 is 19.9 Å². The third-order valence-corrected chi connectivity index (χ3v) is 6.20. The molecule has 1 heterocycles. The molecule has 1 saturated carbocycles. The Hall–Kier alpha value is -1.61. The number of guanidine groups is 1. The van der Waals surface area contributed by atoms with Crippen molar-refractivity contribution in [3.63, 3.8) is 0 Å². The molecule has 0 aliphatic heterocycles. The molecule has 0 radical (unpaired) electrons. The highest BCUT2D eigenvalue weighted by molar-refractivity contribution is 14.0. The van der Waals surface area contributed by atoms with Crippen LogP contribution < -0.4 is 10.6 Å². The lowest BCUT2D eigenvalue weighted by atomic mass is 9.83. The van der Waals surface area contributed by atoms with E-state index in [1.165, 1.54) is 31.2 Å². The number of ether oxygens (including phenoxy) is 1. The maximum absolute atomic E-state index is 5.65. The van der Waals surface area contributed by atoms with Gasteiger partial charge in [-0.1, -0.05) is 43.2 Å². The Balaban J connectivity index is 0.00000363. The van der Waals surface area contributed by atoms with Gasteiger partial charge in [0.15, 0.2) is 5.96 Å². The first-order valence-corrected chi connectivity index (χ1v) is 11.9. The van der Waals surface area contributed by atoms with Gasteiger partial charge in [0.1, 0.15) is 5.82 Å². The van der Waals surface area contributed by atoms with Crippen LogP contribution in [0.3, 0.4) is 0 Å². The summed E-state index contributed by atoms with van der Waals surface area (Å²) in [6.07, 6.45) is 11.1. The monoisotopic (exact) mass is 553 g/mol. The molecule has 0 spiro atoms. The van der Waals surface area contributed by atoms with Crippen LogP contribution in [-0.4, -0.2) is 48.4 Å². The molecular formula is C25H40IN5O. The number of halogens is 1. The number of hydrogen-bond acceptors (Lipinski definition) is 3. The first-order valence-electron chi connectivity index (χ1n) is 11.9. The van der Waals surface area contributed by atoms with Gasteiger partial charge in [0.2, 0.25) is 0 Å². The van der Waals surface area contributed by atoms with Crippen molar-refractivity contribution in [2.75, 3.05) is 32.8 Å². The Morgan fingerprint density at radius 1 is 1.16 bits per heavy atom. The quantitative estimate of drug-likeness (QED) is 0.174. The molecule has 6 nitrogen and oxygen atoms in total. The van der Waals surface area contributed by atoms with Crippen LogP contribution in [0.15, 0.2) is 47.7 Å². The van der Waals surface area contributed by atoms with Crippen molar-refractivity contribution in [1.29, 1.82) is 0 Å². The number of rotatable bonds is 12. The minimum atomic E-state index is 0. The van der Waals surface area contributed by atoms with Gasteiger partial charge in [-0.3, -0.25) is 4.99 Å². The Bertz CT molecular complexity index is 787. The highest BCUT2D eigenvalue weighted by Crippen LogP contribution is 2.41. The molecule has 1 aromatic heterocycles. The molecule has 0 bridgehead atoms. The Kier molecular flexibility index (Phi) is 12.1. The third-order valence-electron chi connectivity index (χ3n) is 6.20. The van der Waals surface area contributed by atoms with Crippen LogP contribution >= 0.6 is 24.0 Å². The number of aliphatic imine (C=N–C) groups is 1. The van der Waals surface area contributed by atoms with E-state index in [4.69, 9.17) is 9.73 Å². The molecule has 2 aromatic rings. The van der Waals surface area contributed by atoms with Crippen LogP contribution in [0.5, 0.6) is 0 Å². The van der Waals surface area contributed by atoms with E-state index in [9.17, 15) is 0 Å². The van der Waals surface area contributed by atoms with Gasteiger partial charge in [0.25, 0.3) is 0 Å². The molecular weight excluding hydrogens is 513 g/mol. The van der Waals surface area contributed by atoms with Crippen LogP contribution in [-0.2, 0) is 17.7 Å². The summed E-state index contributed by atoms with van der Waals surface area (Å²) in [4.78, 5) is 9.53. The molecule has 1 fully saturated rings. The highest BCUT2D eigenvalue weighted by Gasteiger charge is 2.33. The Morgan fingerprint density at radius 2 is 1.94 bits per heavy atom. The van der Waals surface area contributed by atoms with Gasteiger partial charge in [-0.15, -0.1) is 24.0 Å². The first-order chi connectivity index (χ1) is 15.2. The average Bonchev–Trinajstić information content (AvgIpc) is 3.43. The van der Waals surface area contributed by atoms with Crippen molar-refractivity contribution in [3.8, 4) is 0 Å². The molecule has 0 amide bonds. The maximum atomic E-state index is 5.65. The van der Waals surface area contributed by atoms with Crippen LogP contribution in [0.2, 0.25) is 0 Å². The van der Waals surface area contributed by atoms with E-state index >= 15 is 0 Å². The summed E-state index contributed by atoms with van der Waals surface area (Å²) >= 11 is 0. The van der Waals surface area contributed by atoms with Crippen LogP contribution in [0, 0.1) is 5.41 Å². The Morgan fingerprint density at radius 3 is 2.66 bits per heavy atom. The molecule has 1 aliphatic carbocycles. The van der Waals surface area contributed by atoms with Gasteiger partial charge >= 0.3 is 0 Å². The summed E-state index contributed by atoms with van der Waals surface area (Å²) in [5, 5.41) is 6.92. The van der Waals surface area contributed by atoms with Crippen LogP contribution in [0.25, 0.3) is 0 Å². The number of benzene rings is 1. The molecule has 0 atom stereocenters. The van der Waals surface area contributed by atoms with Crippen LogP contribution in [0.4, 0.5) is 0 Å². The van der Waals surface area contributed by atoms with Crippen molar-refractivity contribution < 1.29 is 4.74 Å². The summed E-state index contributed by atoms with van der Waals surface area (Å²) in [6.45, 7) is 9.22. The zero-order valence-corrected chi connectivity index (χ0v) is 22.0. The minimum absolute atomic E-state index is 0. The largest absolute Gasteiger partial charge is 0.382 e. The number of imidazole rings is 1. The van der Waals surface area contributed by atoms with Crippen molar-refractivity contribution >= 4 is 29.9 Å².